The molecule has 0 heterocycles. The van der Waals surface area contributed by atoms with Crippen molar-refractivity contribution in [2.24, 2.45) is 5.92 Å². The Balaban J connectivity index is 2.24. The first-order chi connectivity index (χ1) is 9.82. The van der Waals surface area contributed by atoms with E-state index in [0.29, 0.717) is 18.5 Å². The zero-order valence-electron chi connectivity index (χ0n) is 11.8. The van der Waals surface area contributed by atoms with Crippen molar-refractivity contribution in [1.82, 2.24) is 4.31 Å². The third-order valence-corrected chi connectivity index (χ3v) is 6.66. The molecule has 3 nitrogen and oxygen atoms in total. The number of nitrogens with zero attached hydrogens (tertiary/aromatic N) is 1. The Bertz CT molecular complexity index is 592. The summed E-state index contributed by atoms with van der Waals surface area (Å²) in [6, 6.07) is 1.55. The minimum absolute atomic E-state index is 0.0875. The molecule has 0 aliphatic heterocycles. The molecule has 1 aromatic carbocycles. The van der Waals surface area contributed by atoms with Crippen LogP contribution in [0.1, 0.15) is 32.1 Å². The van der Waals surface area contributed by atoms with Gasteiger partial charge in [0.05, 0.1) is 0 Å². The van der Waals surface area contributed by atoms with E-state index in [1.807, 2.05) is 0 Å². The highest BCUT2D eigenvalue weighted by Gasteiger charge is 2.29. The highest BCUT2D eigenvalue weighted by Crippen LogP contribution is 2.30. The first-order valence-electron chi connectivity index (χ1n) is 6.93. The lowest BCUT2D eigenvalue weighted by molar-refractivity contribution is 0.299. The minimum Gasteiger partial charge on any atom is -0.207 e. The van der Waals surface area contributed by atoms with E-state index in [-0.39, 0.29) is 4.47 Å². The normalized spacial score (nSPS) is 17.4. The Morgan fingerprint density at radius 2 is 1.86 bits per heavy atom. The van der Waals surface area contributed by atoms with E-state index < -0.39 is 26.6 Å². The van der Waals surface area contributed by atoms with Crippen LogP contribution in [-0.4, -0.2) is 26.3 Å². The fraction of sp³-hybridized carbons (Fsp3) is 0.571. The Morgan fingerprint density at radius 1 is 1.24 bits per heavy atom. The van der Waals surface area contributed by atoms with E-state index in [1.54, 1.807) is 0 Å². The van der Waals surface area contributed by atoms with Crippen LogP contribution < -0.4 is 0 Å². The molecule has 7 heteroatoms. The Kier molecular flexibility index (Phi) is 5.38. The molecule has 1 aromatic rings. The quantitative estimate of drug-likeness (QED) is 0.792. The molecule has 0 aromatic heterocycles. The summed E-state index contributed by atoms with van der Waals surface area (Å²) in [4.78, 5) is -0.498. The molecular formula is C14H18BrF2NO2S. The van der Waals surface area contributed by atoms with Gasteiger partial charge in [0.25, 0.3) is 0 Å². The second-order valence-corrected chi connectivity index (χ2v) is 8.32. The molecule has 0 saturated heterocycles. The Labute approximate surface area is 132 Å². The van der Waals surface area contributed by atoms with Crippen LogP contribution in [0.5, 0.6) is 0 Å². The molecule has 1 saturated carbocycles. The number of halogens is 3. The fourth-order valence-electron chi connectivity index (χ4n) is 2.76. The van der Waals surface area contributed by atoms with Gasteiger partial charge < -0.3 is 0 Å². The van der Waals surface area contributed by atoms with Crippen molar-refractivity contribution < 1.29 is 17.2 Å². The van der Waals surface area contributed by atoms with Gasteiger partial charge in [-0.25, -0.2) is 21.5 Å². The predicted octanol–water partition coefficient (Wildman–Crippen LogP) is 3.93. The van der Waals surface area contributed by atoms with Crippen molar-refractivity contribution in [3.63, 3.8) is 0 Å². The van der Waals surface area contributed by atoms with Gasteiger partial charge in [-0.3, -0.25) is 0 Å². The van der Waals surface area contributed by atoms with Crippen LogP contribution in [0.2, 0.25) is 0 Å². The lowest BCUT2D eigenvalue weighted by Crippen LogP contribution is -2.33. The molecule has 0 N–H and O–H groups in total. The number of hydrogen-bond donors (Lipinski definition) is 0. The van der Waals surface area contributed by atoms with Gasteiger partial charge in [0.2, 0.25) is 10.0 Å². The number of sulfonamides is 1. The highest BCUT2D eigenvalue weighted by molar-refractivity contribution is 9.10. The standard InChI is InChI=1S/C14H18BrF2NO2S/c1-18(9-10-5-3-2-4-6-10)21(19,20)14-12(15)7-11(16)8-13(14)17/h7-8,10H,2-6,9H2,1H3. The van der Waals surface area contributed by atoms with E-state index in [2.05, 4.69) is 15.9 Å². The third kappa shape index (κ3) is 3.81. The summed E-state index contributed by atoms with van der Waals surface area (Å²) in [5.74, 6) is -1.58. The van der Waals surface area contributed by atoms with E-state index >= 15 is 0 Å². The summed E-state index contributed by atoms with van der Waals surface area (Å²) in [7, 11) is -2.53. The van der Waals surface area contributed by atoms with E-state index in [1.165, 1.54) is 17.8 Å². The lowest BCUT2D eigenvalue weighted by atomic mass is 9.89. The number of hydrogen-bond acceptors (Lipinski definition) is 2. The Hall–Kier alpha value is -0.530. The molecule has 0 bridgehead atoms. The summed E-state index contributed by atoms with van der Waals surface area (Å²) < 4.78 is 53.0. The van der Waals surface area contributed by atoms with Crippen LogP contribution in [0.4, 0.5) is 8.78 Å². The second kappa shape index (κ2) is 6.71. The zero-order valence-corrected chi connectivity index (χ0v) is 14.2. The van der Waals surface area contributed by atoms with Crippen molar-refractivity contribution in [2.75, 3.05) is 13.6 Å². The van der Waals surface area contributed by atoms with Crippen LogP contribution in [0, 0.1) is 17.6 Å². The van der Waals surface area contributed by atoms with Gasteiger partial charge in [0.15, 0.2) is 0 Å². The monoisotopic (exact) mass is 381 g/mol. The maximum Gasteiger partial charge on any atom is 0.246 e. The van der Waals surface area contributed by atoms with Crippen LogP contribution in [0.3, 0.4) is 0 Å². The van der Waals surface area contributed by atoms with Gasteiger partial charge in [-0.15, -0.1) is 0 Å². The molecule has 2 rings (SSSR count). The zero-order chi connectivity index (χ0) is 15.6. The van der Waals surface area contributed by atoms with Gasteiger partial charge in [-0.2, -0.15) is 0 Å². The maximum atomic E-state index is 13.9. The second-order valence-electron chi connectivity index (χ2n) is 5.49. The van der Waals surface area contributed by atoms with Gasteiger partial charge in [0, 0.05) is 24.1 Å². The molecule has 0 unspecified atom stereocenters. The lowest BCUT2D eigenvalue weighted by Gasteiger charge is -2.27. The summed E-state index contributed by atoms with van der Waals surface area (Å²) in [5, 5.41) is 0. The molecule has 1 aliphatic carbocycles. The molecule has 0 spiro atoms. The van der Waals surface area contributed by atoms with E-state index in [4.69, 9.17) is 0 Å². The molecule has 21 heavy (non-hydrogen) atoms. The van der Waals surface area contributed by atoms with Gasteiger partial charge in [-0.05, 0) is 40.8 Å². The molecule has 118 valence electrons. The smallest absolute Gasteiger partial charge is 0.207 e. The van der Waals surface area contributed by atoms with Gasteiger partial charge in [0.1, 0.15) is 16.5 Å². The van der Waals surface area contributed by atoms with Crippen molar-refractivity contribution >= 4 is 26.0 Å². The topological polar surface area (TPSA) is 37.4 Å². The summed E-state index contributed by atoms with van der Waals surface area (Å²) >= 11 is 2.94. The Morgan fingerprint density at radius 3 is 2.43 bits per heavy atom. The predicted molar refractivity (Wildman–Crippen MR) is 80.4 cm³/mol. The number of benzene rings is 1. The molecule has 0 radical (unpaired) electrons. The molecule has 1 aliphatic rings. The van der Waals surface area contributed by atoms with Crippen molar-refractivity contribution in [2.45, 2.75) is 37.0 Å². The van der Waals surface area contributed by atoms with E-state index in [0.717, 1.165) is 31.7 Å². The molecule has 0 atom stereocenters. The third-order valence-electron chi connectivity index (χ3n) is 3.87. The van der Waals surface area contributed by atoms with Crippen LogP contribution >= 0.6 is 15.9 Å². The summed E-state index contributed by atoms with van der Waals surface area (Å²) in [6.07, 6.45) is 5.38. The van der Waals surface area contributed by atoms with Crippen LogP contribution in [-0.2, 0) is 10.0 Å². The van der Waals surface area contributed by atoms with Crippen molar-refractivity contribution in [3.05, 3.63) is 28.2 Å². The maximum absolute atomic E-state index is 13.9. The van der Waals surface area contributed by atoms with E-state index in [9.17, 15) is 17.2 Å². The molecule has 1 fully saturated rings. The van der Waals surface area contributed by atoms with Crippen LogP contribution in [0.15, 0.2) is 21.5 Å². The molecule has 0 amide bonds. The molecular weight excluding hydrogens is 364 g/mol. The number of rotatable bonds is 4. The summed E-state index contributed by atoms with van der Waals surface area (Å²) in [5.41, 5.74) is 0. The van der Waals surface area contributed by atoms with Gasteiger partial charge in [-0.1, -0.05) is 19.3 Å². The largest absolute Gasteiger partial charge is 0.246 e. The minimum atomic E-state index is -3.97. The van der Waals surface area contributed by atoms with Gasteiger partial charge >= 0.3 is 0 Å². The highest BCUT2D eigenvalue weighted by atomic mass is 79.9. The van der Waals surface area contributed by atoms with Crippen LogP contribution in [0.25, 0.3) is 0 Å². The summed E-state index contributed by atoms with van der Waals surface area (Å²) in [6.45, 7) is 0.367. The first kappa shape index (κ1) is 16.8. The fourth-order valence-corrected chi connectivity index (χ4v) is 5.11. The first-order valence-corrected chi connectivity index (χ1v) is 9.16. The average molecular weight is 382 g/mol. The van der Waals surface area contributed by atoms with Crippen molar-refractivity contribution in [3.8, 4) is 0 Å². The average Bonchev–Trinajstić information content (AvgIpc) is 2.38. The van der Waals surface area contributed by atoms with Crippen molar-refractivity contribution in [1.29, 1.82) is 0 Å². The SMILES string of the molecule is CN(CC1CCCCC1)S(=O)(=O)c1c(F)cc(F)cc1Br.